The summed E-state index contributed by atoms with van der Waals surface area (Å²) in [5.74, 6) is -3.11. The van der Waals surface area contributed by atoms with E-state index < -0.39 is 47.0 Å². The third kappa shape index (κ3) is 2.69. The van der Waals surface area contributed by atoms with Crippen molar-refractivity contribution < 1.29 is 33.0 Å². The minimum absolute atomic E-state index is 0.254. The highest BCUT2D eigenvalue weighted by molar-refractivity contribution is 6.08. The number of alkyl halides is 3. The monoisotopic (exact) mass is 354 g/mol. The average Bonchev–Trinajstić information content (AvgIpc) is 3.00. The molecule has 0 aliphatic rings. The van der Waals surface area contributed by atoms with Crippen molar-refractivity contribution >= 4 is 28.3 Å². The molecule has 0 aliphatic heterocycles. The first kappa shape index (κ1) is 16.5. The molecule has 0 spiro atoms. The lowest BCUT2D eigenvalue weighted by Gasteiger charge is -2.14. The van der Waals surface area contributed by atoms with E-state index in [-0.39, 0.29) is 11.0 Å². The number of nitrogens with one attached hydrogen (secondary N) is 1. The number of fused-ring (bicyclic) bond motifs is 3. The van der Waals surface area contributed by atoms with Crippen molar-refractivity contribution in [2.45, 2.75) is 6.18 Å². The first-order chi connectivity index (χ1) is 11.7. The number of nitrogens with zero attached hydrogens (tertiary/aromatic N) is 3. The molecule has 0 atom stereocenters. The van der Waals surface area contributed by atoms with Crippen molar-refractivity contribution in [3.8, 4) is 5.75 Å². The van der Waals surface area contributed by atoms with Crippen LogP contribution in [0.2, 0.25) is 0 Å². The Kier molecular flexibility index (Phi) is 3.70. The van der Waals surface area contributed by atoms with Crippen LogP contribution in [0, 0.1) is 0 Å². The van der Waals surface area contributed by atoms with E-state index >= 15 is 0 Å². The van der Waals surface area contributed by atoms with Gasteiger partial charge in [-0.05, 0) is 6.07 Å². The van der Waals surface area contributed by atoms with Crippen LogP contribution in [0.5, 0.6) is 5.75 Å². The quantitative estimate of drug-likeness (QED) is 0.655. The SMILES string of the molecule is O=C(O)CNC(=O)c1c(O)c2cccc(C(F)(F)F)c2c2ncnn12. The second-order valence-corrected chi connectivity index (χ2v) is 4.99. The summed E-state index contributed by atoms with van der Waals surface area (Å²) in [5, 5.41) is 24.0. The Morgan fingerprint density at radius 1 is 1.28 bits per heavy atom. The zero-order chi connectivity index (χ0) is 18.4. The summed E-state index contributed by atoms with van der Waals surface area (Å²) in [6.45, 7) is -0.741. The van der Waals surface area contributed by atoms with Gasteiger partial charge in [-0.15, -0.1) is 0 Å². The first-order valence-corrected chi connectivity index (χ1v) is 6.76. The van der Waals surface area contributed by atoms with Crippen molar-refractivity contribution in [2.75, 3.05) is 6.54 Å². The highest BCUT2D eigenvalue weighted by atomic mass is 19.4. The van der Waals surface area contributed by atoms with Gasteiger partial charge in [0.2, 0.25) is 0 Å². The van der Waals surface area contributed by atoms with Crippen molar-refractivity contribution in [3.05, 3.63) is 35.8 Å². The third-order valence-electron chi connectivity index (χ3n) is 3.45. The van der Waals surface area contributed by atoms with Crippen LogP contribution in [-0.2, 0) is 11.0 Å². The van der Waals surface area contributed by atoms with Crippen LogP contribution in [0.15, 0.2) is 24.5 Å². The third-order valence-corrected chi connectivity index (χ3v) is 3.45. The molecule has 0 saturated heterocycles. The second kappa shape index (κ2) is 5.61. The van der Waals surface area contributed by atoms with Crippen LogP contribution in [0.3, 0.4) is 0 Å². The van der Waals surface area contributed by atoms with Gasteiger partial charge in [-0.25, -0.2) is 9.50 Å². The molecule has 1 aromatic carbocycles. The van der Waals surface area contributed by atoms with Crippen LogP contribution in [0.25, 0.3) is 16.4 Å². The molecule has 0 fully saturated rings. The normalized spacial score (nSPS) is 11.8. The van der Waals surface area contributed by atoms with Gasteiger partial charge in [-0.2, -0.15) is 18.3 Å². The Morgan fingerprint density at radius 3 is 2.64 bits per heavy atom. The number of aromatic nitrogens is 3. The summed E-state index contributed by atoms with van der Waals surface area (Å²) in [5.41, 5.74) is -1.85. The fourth-order valence-electron chi connectivity index (χ4n) is 2.47. The van der Waals surface area contributed by atoms with Gasteiger partial charge >= 0.3 is 12.1 Å². The molecule has 8 nitrogen and oxygen atoms in total. The van der Waals surface area contributed by atoms with Gasteiger partial charge in [0.05, 0.1) is 5.56 Å². The number of carbonyl (C=O) groups is 2. The number of carboxylic acids is 1. The van der Waals surface area contributed by atoms with E-state index in [1.807, 2.05) is 5.32 Å². The van der Waals surface area contributed by atoms with Gasteiger partial charge in [-0.1, -0.05) is 12.1 Å². The van der Waals surface area contributed by atoms with E-state index in [9.17, 15) is 27.9 Å². The van der Waals surface area contributed by atoms with Crippen LogP contribution >= 0.6 is 0 Å². The molecule has 1 amide bonds. The minimum atomic E-state index is -4.72. The molecule has 11 heteroatoms. The maximum atomic E-state index is 13.3. The van der Waals surface area contributed by atoms with E-state index in [2.05, 4.69) is 10.1 Å². The van der Waals surface area contributed by atoms with Gasteiger partial charge < -0.3 is 15.5 Å². The number of hydrogen-bond donors (Lipinski definition) is 3. The Bertz CT molecular complexity index is 1010. The molecular formula is C14H9F3N4O4. The Balaban J connectivity index is 2.34. The molecule has 25 heavy (non-hydrogen) atoms. The largest absolute Gasteiger partial charge is 0.505 e. The second-order valence-electron chi connectivity index (χ2n) is 4.99. The predicted octanol–water partition coefficient (Wildman–Crippen LogP) is 1.42. The van der Waals surface area contributed by atoms with Crippen molar-refractivity contribution in [3.63, 3.8) is 0 Å². The number of rotatable bonds is 3. The Hall–Kier alpha value is -3.37. The molecule has 2 aromatic heterocycles. The molecule has 0 bridgehead atoms. The lowest BCUT2D eigenvalue weighted by atomic mass is 10.0. The van der Waals surface area contributed by atoms with Crippen molar-refractivity contribution in [2.24, 2.45) is 0 Å². The molecule has 0 unspecified atom stereocenters. The maximum absolute atomic E-state index is 13.3. The number of carbonyl (C=O) groups excluding carboxylic acids is 1. The number of benzene rings is 1. The summed E-state index contributed by atoms with van der Waals surface area (Å²) in [7, 11) is 0. The van der Waals surface area contributed by atoms with Crippen LogP contribution in [0.4, 0.5) is 13.2 Å². The number of pyridine rings is 1. The number of aromatic hydroxyl groups is 1. The van der Waals surface area contributed by atoms with Gasteiger partial charge in [0.1, 0.15) is 12.9 Å². The number of halogens is 3. The molecule has 3 aromatic rings. The average molecular weight is 354 g/mol. The number of carboxylic acid groups (broad SMARTS) is 1. The standard InChI is InChI=1S/C14H9F3N4O4/c15-14(16,17)7-3-1-2-6-9(7)12-19-5-20-21(12)10(11(6)24)13(25)18-4-8(22)23/h1-3,5,24H,4H2,(H,18,25)(H,22,23). The number of aliphatic carboxylic acids is 1. The molecule has 2 heterocycles. The molecule has 3 rings (SSSR count). The highest BCUT2D eigenvalue weighted by Crippen LogP contribution is 2.40. The van der Waals surface area contributed by atoms with E-state index in [0.29, 0.717) is 0 Å². The zero-order valence-electron chi connectivity index (χ0n) is 12.2. The summed E-state index contributed by atoms with van der Waals surface area (Å²) in [6, 6.07) is 3.10. The highest BCUT2D eigenvalue weighted by Gasteiger charge is 2.35. The molecule has 0 aliphatic carbocycles. The van der Waals surface area contributed by atoms with E-state index in [1.165, 1.54) is 6.07 Å². The van der Waals surface area contributed by atoms with Crippen LogP contribution in [0.1, 0.15) is 16.1 Å². The predicted molar refractivity (Wildman–Crippen MR) is 77.1 cm³/mol. The van der Waals surface area contributed by atoms with Crippen LogP contribution in [-0.4, -0.2) is 43.2 Å². The lowest BCUT2D eigenvalue weighted by Crippen LogP contribution is -2.31. The van der Waals surface area contributed by atoms with Gasteiger partial charge in [0, 0.05) is 10.8 Å². The van der Waals surface area contributed by atoms with E-state index in [4.69, 9.17) is 5.11 Å². The molecule has 0 saturated carbocycles. The first-order valence-electron chi connectivity index (χ1n) is 6.76. The molecular weight excluding hydrogens is 345 g/mol. The van der Waals surface area contributed by atoms with E-state index in [0.717, 1.165) is 23.0 Å². The minimum Gasteiger partial charge on any atom is -0.505 e. The fraction of sp³-hybridized carbons (Fsp3) is 0.143. The Labute approximate surface area is 136 Å². The van der Waals surface area contributed by atoms with Crippen molar-refractivity contribution in [1.82, 2.24) is 19.9 Å². The smallest absolute Gasteiger partial charge is 0.417 e. The topological polar surface area (TPSA) is 117 Å². The van der Waals surface area contributed by atoms with Crippen molar-refractivity contribution in [1.29, 1.82) is 0 Å². The lowest BCUT2D eigenvalue weighted by molar-refractivity contribution is -0.137. The Morgan fingerprint density at radius 2 is 2.00 bits per heavy atom. The summed E-state index contributed by atoms with van der Waals surface area (Å²) >= 11 is 0. The van der Waals surface area contributed by atoms with Gasteiger partial charge in [0.25, 0.3) is 5.91 Å². The number of hydrogen-bond acceptors (Lipinski definition) is 5. The van der Waals surface area contributed by atoms with Gasteiger partial charge in [-0.3, -0.25) is 9.59 Å². The summed E-state index contributed by atoms with van der Waals surface area (Å²) < 4.78 is 40.5. The zero-order valence-corrected chi connectivity index (χ0v) is 12.2. The maximum Gasteiger partial charge on any atom is 0.417 e. The van der Waals surface area contributed by atoms with Crippen LogP contribution < -0.4 is 5.32 Å². The number of amides is 1. The summed E-state index contributed by atoms with van der Waals surface area (Å²) in [6.07, 6.45) is -3.79. The molecule has 0 radical (unpaired) electrons. The molecule has 130 valence electrons. The van der Waals surface area contributed by atoms with Gasteiger partial charge in [0.15, 0.2) is 17.1 Å². The van der Waals surface area contributed by atoms with E-state index in [1.54, 1.807) is 0 Å². The summed E-state index contributed by atoms with van der Waals surface area (Å²) in [4.78, 5) is 26.5. The fourth-order valence-corrected chi connectivity index (χ4v) is 2.47. The molecule has 3 N–H and O–H groups in total.